The molecule has 58 valence electrons. The first kappa shape index (κ1) is 14.3. The van der Waals surface area contributed by atoms with Crippen molar-refractivity contribution in [2.24, 2.45) is 0 Å². The van der Waals surface area contributed by atoms with Crippen LogP contribution in [0.2, 0.25) is 0 Å². The van der Waals surface area contributed by atoms with Crippen LogP contribution in [0.5, 0.6) is 0 Å². The molecule has 2 fully saturated rings. The van der Waals surface area contributed by atoms with Crippen LogP contribution in [0, 0.1) is 64.2 Å². The molecule has 2 rings (SSSR count). The summed E-state index contributed by atoms with van der Waals surface area (Å²) in [6.07, 6.45) is 25.0. The SMILES string of the molecule is [C]1[C][C][C][C]1.[C]1[C][C][C][C]1.[Cl][Ti][Cl]. The summed E-state index contributed by atoms with van der Waals surface area (Å²) in [5.74, 6) is 0. The molecular weight excluding hydrogens is 239 g/mol. The van der Waals surface area contributed by atoms with Gasteiger partial charge in [-0.05, 0) is 0 Å². The second-order valence-electron chi connectivity index (χ2n) is 1.32. The molecule has 0 aromatic carbocycles. The van der Waals surface area contributed by atoms with Crippen LogP contribution in [0.4, 0.5) is 0 Å². The van der Waals surface area contributed by atoms with E-state index >= 15 is 0 Å². The Morgan fingerprint density at radius 3 is 0.615 bits per heavy atom. The summed E-state index contributed by atoms with van der Waals surface area (Å²) >= 11 is -0.556. The van der Waals surface area contributed by atoms with Gasteiger partial charge in [-0.15, -0.1) is 0 Å². The first-order valence-electron chi connectivity index (χ1n) is 2.88. The molecule has 0 amide bonds. The third-order valence-corrected chi connectivity index (χ3v) is 0.625. The molecule has 0 unspecified atom stereocenters. The Bertz CT molecular complexity index is 55.8. The minimum atomic E-state index is -0.556. The normalized spacial score (nSPS) is 19.5. The number of rotatable bonds is 0. The third-order valence-electron chi connectivity index (χ3n) is 0.625. The van der Waals surface area contributed by atoms with Crippen LogP contribution < -0.4 is 0 Å². The summed E-state index contributed by atoms with van der Waals surface area (Å²) in [6, 6.07) is 0. The molecule has 3 heteroatoms. The van der Waals surface area contributed by atoms with E-state index in [1.165, 1.54) is 0 Å². The van der Waals surface area contributed by atoms with Gasteiger partial charge in [-0.3, -0.25) is 0 Å². The fraction of sp³-hybridized carbons (Fsp3) is 0. The molecule has 13 heavy (non-hydrogen) atoms. The van der Waals surface area contributed by atoms with Crippen LogP contribution in [0.25, 0.3) is 0 Å². The molecule has 0 atom stereocenters. The first-order valence-corrected chi connectivity index (χ1v) is 7.18. The molecule has 20 radical (unpaired) electrons. The van der Waals surface area contributed by atoms with Gasteiger partial charge < -0.3 is 0 Å². The Morgan fingerprint density at radius 2 is 0.538 bits per heavy atom. The van der Waals surface area contributed by atoms with Crippen molar-refractivity contribution >= 4 is 18.6 Å². The van der Waals surface area contributed by atoms with Crippen molar-refractivity contribution in [1.29, 1.82) is 0 Å². The van der Waals surface area contributed by atoms with E-state index in [2.05, 4.69) is 64.2 Å². The summed E-state index contributed by atoms with van der Waals surface area (Å²) < 4.78 is 0. The standard InChI is InChI=1S/2C5.2ClH.Ti/c2*1-2-4-5-3-1;;;/h;;2*1H;/q;;;;+2/p-2. The van der Waals surface area contributed by atoms with E-state index in [9.17, 15) is 0 Å². The third kappa shape index (κ3) is 13.3. The van der Waals surface area contributed by atoms with Crippen LogP contribution in [0.15, 0.2) is 0 Å². The Kier molecular flexibility index (Phi) is 14.6. The van der Waals surface area contributed by atoms with Crippen molar-refractivity contribution < 1.29 is 17.0 Å². The van der Waals surface area contributed by atoms with Gasteiger partial charge in [0.1, 0.15) is 0 Å². The van der Waals surface area contributed by atoms with Gasteiger partial charge in [0.2, 0.25) is 0 Å². The van der Waals surface area contributed by atoms with Crippen LogP contribution in [0.1, 0.15) is 0 Å². The predicted molar refractivity (Wildman–Crippen MR) is 44.1 cm³/mol. The average molecular weight is 239 g/mol. The van der Waals surface area contributed by atoms with Crippen molar-refractivity contribution in [2.75, 3.05) is 0 Å². The molecule has 0 aliphatic heterocycles. The van der Waals surface area contributed by atoms with Gasteiger partial charge in [-0.25, -0.2) is 0 Å². The molecule has 0 aromatic rings. The van der Waals surface area contributed by atoms with Gasteiger partial charge in [0.05, 0.1) is 0 Å². The molecule has 2 saturated carbocycles. The van der Waals surface area contributed by atoms with Crippen molar-refractivity contribution in [2.45, 2.75) is 0 Å². The molecular formula is C10Cl2Ti. The van der Waals surface area contributed by atoms with Crippen molar-refractivity contribution in [3.05, 3.63) is 64.2 Å². The van der Waals surface area contributed by atoms with E-state index in [1.807, 2.05) is 0 Å². The maximum atomic E-state index is 4.89. The van der Waals surface area contributed by atoms with Crippen LogP contribution >= 0.6 is 18.6 Å². The van der Waals surface area contributed by atoms with E-state index < -0.39 is 17.0 Å². The van der Waals surface area contributed by atoms with Crippen LogP contribution in [-0.2, 0) is 17.0 Å². The zero-order valence-corrected chi connectivity index (χ0v) is 9.33. The quantitative estimate of drug-likeness (QED) is 0.568. The average Bonchev–Trinajstić information content (AvgIpc) is 2.85. The topological polar surface area (TPSA) is 0 Å². The minimum absolute atomic E-state index is 0.556. The second kappa shape index (κ2) is 13.3. The molecule has 0 aromatic heterocycles. The maximum absolute atomic E-state index is 4.89. The first-order chi connectivity index (χ1) is 6.41. The molecule has 0 saturated heterocycles. The zero-order valence-electron chi connectivity index (χ0n) is 6.26. The monoisotopic (exact) mass is 238 g/mol. The van der Waals surface area contributed by atoms with Gasteiger partial charge >= 0.3 is 35.6 Å². The van der Waals surface area contributed by atoms with Gasteiger partial charge in [0, 0.05) is 64.2 Å². The molecule has 2 aliphatic carbocycles. The zero-order chi connectivity index (χ0) is 9.78. The fourth-order valence-electron chi connectivity index (χ4n) is 0.312. The molecule has 0 nitrogen and oxygen atoms in total. The van der Waals surface area contributed by atoms with Crippen molar-refractivity contribution in [1.82, 2.24) is 0 Å². The van der Waals surface area contributed by atoms with Gasteiger partial charge in [-0.2, -0.15) is 0 Å². The van der Waals surface area contributed by atoms with Crippen LogP contribution in [0.3, 0.4) is 0 Å². The Labute approximate surface area is 99.4 Å². The van der Waals surface area contributed by atoms with E-state index in [0.29, 0.717) is 0 Å². The van der Waals surface area contributed by atoms with Crippen molar-refractivity contribution in [3.8, 4) is 0 Å². The van der Waals surface area contributed by atoms with E-state index in [-0.39, 0.29) is 0 Å². The van der Waals surface area contributed by atoms with E-state index in [1.54, 1.807) is 0 Å². The molecule has 0 N–H and O–H groups in total. The summed E-state index contributed by atoms with van der Waals surface area (Å²) in [6.45, 7) is 0. The van der Waals surface area contributed by atoms with Gasteiger partial charge in [0.25, 0.3) is 0 Å². The molecule has 2 aliphatic rings. The van der Waals surface area contributed by atoms with Crippen molar-refractivity contribution in [3.63, 3.8) is 0 Å². The number of hydrogen-bond acceptors (Lipinski definition) is 0. The van der Waals surface area contributed by atoms with Crippen LogP contribution in [-0.4, -0.2) is 0 Å². The predicted octanol–water partition coefficient (Wildman–Crippen LogP) is 2.19. The molecule has 0 heterocycles. The Morgan fingerprint density at radius 1 is 0.462 bits per heavy atom. The summed E-state index contributed by atoms with van der Waals surface area (Å²) in [4.78, 5) is 0. The molecule has 0 bridgehead atoms. The summed E-state index contributed by atoms with van der Waals surface area (Å²) in [7, 11) is 9.78. The summed E-state index contributed by atoms with van der Waals surface area (Å²) in [5, 5.41) is 0. The van der Waals surface area contributed by atoms with Gasteiger partial charge in [-0.1, -0.05) is 0 Å². The van der Waals surface area contributed by atoms with E-state index in [0.717, 1.165) is 0 Å². The van der Waals surface area contributed by atoms with Gasteiger partial charge in [0.15, 0.2) is 0 Å². The molecule has 0 spiro atoms. The number of hydrogen-bond donors (Lipinski definition) is 0. The number of halogens is 2. The van der Waals surface area contributed by atoms with E-state index in [4.69, 9.17) is 18.6 Å². The Hall–Kier alpha value is 1.29. The second-order valence-corrected chi connectivity index (χ2v) is 3.90. The fourth-order valence-corrected chi connectivity index (χ4v) is 0.312. The Balaban J connectivity index is 0.000000174. The summed E-state index contributed by atoms with van der Waals surface area (Å²) in [5.41, 5.74) is 0.